The van der Waals surface area contributed by atoms with Crippen molar-refractivity contribution in [1.82, 2.24) is 4.98 Å². The Morgan fingerprint density at radius 1 is 1.25 bits per heavy atom. The minimum atomic E-state index is -0.511. The Balaban J connectivity index is 1.79. The average Bonchev–Trinajstić information content (AvgIpc) is 2.45. The second-order valence-electron chi connectivity index (χ2n) is 4.71. The molecule has 0 spiro atoms. The van der Waals surface area contributed by atoms with Crippen LogP contribution in [0.5, 0.6) is 5.75 Å². The highest BCUT2D eigenvalue weighted by Gasteiger charge is 2.08. The number of aliphatic hydroxyl groups is 1. The number of thioether (sulfide) groups is 1. The Kier molecular flexibility index (Phi) is 5.44. The summed E-state index contributed by atoms with van der Waals surface area (Å²) in [4.78, 5) is 4.20. The zero-order valence-corrected chi connectivity index (χ0v) is 12.6. The second kappa shape index (κ2) is 7.31. The van der Waals surface area contributed by atoms with Crippen LogP contribution in [0, 0.1) is 13.8 Å². The van der Waals surface area contributed by atoms with Crippen molar-refractivity contribution in [3.63, 3.8) is 0 Å². The number of aryl methyl sites for hydroxylation is 2. The molecular weight excluding hydrogens is 270 g/mol. The number of nitrogens with zero attached hydrogens (tertiary/aromatic N) is 1. The van der Waals surface area contributed by atoms with Gasteiger partial charge in [-0.2, -0.15) is 0 Å². The predicted molar refractivity (Wildman–Crippen MR) is 82.4 cm³/mol. The third-order valence-electron chi connectivity index (χ3n) is 2.82. The maximum Gasteiger partial charge on any atom is 0.122 e. The molecule has 0 saturated heterocycles. The quantitative estimate of drug-likeness (QED) is 0.829. The minimum Gasteiger partial charge on any atom is -0.491 e. The van der Waals surface area contributed by atoms with Crippen LogP contribution in [0.3, 0.4) is 0 Å². The molecule has 1 heterocycles. The molecular formula is C16H19NO2S. The average molecular weight is 289 g/mol. The standard InChI is InChI=1S/C16H19NO2S/c1-12-6-7-15(13(2)9-12)19-10-14(18)11-20-16-5-3-4-8-17-16/h3-9,14,18H,10-11H2,1-2H3. The Morgan fingerprint density at radius 3 is 2.80 bits per heavy atom. The summed E-state index contributed by atoms with van der Waals surface area (Å²) in [5, 5.41) is 10.9. The van der Waals surface area contributed by atoms with E-state index in [-0.39, 0.29) is 0 Å². The molecule has 20 heavy (non-hydrogen) atoms. The van der Waals surface area contributed by atoms with Gasteiger partial charge < -0.3 is 9.84 Å². The van der Waals surface area contributed by atoms with Gasteiger partial charge in [-0.25, -0.2) is 4.98 Å². The Labute approximate surface area is 124 Å². The Hall–Kier alpha value is -1.52. The van der Waals surface area contributed by atoms with Crippen LogP contribution in [0.1, 0.15) is 11.1 Å². The fourth-order valence-electron chi connectivity index (χ4n) is 1.81. The van der Waals surface area contributed by atoms with Gasteiger partial charge in [-0.05, 0) is 37.6 Å². The zero-order valence-electron chi connectivity index (χ0n) is 11.7. The van der Waals surface area contributed by atoms with Gasteiger partial charge in [-0.3, -0.25) is 0 Å². The maximum atomic E-state index is 9.94. The molecule has 1 aromatic heterocycles. The summed E-state index contributed by atoms with van der Waals surface area (Å²) in [5.41, 5.74) is 2.30. The van der Waals surface area contributed by atoms with Crippen molar-refractivity contribution in [2.45, 2.75) is 25.0 Å². The van der Waals surface area contributed by atoms with E-state index in [2.05, 4.69) is 18.0 Å². The molecule has 0 fully saturated rings. The van der Waals surface area contributed by atoms with Crippen molar-refractivity contribution >= 4 is 11.8 Å². The van der Waals surface area contributed by atoms with Crippen LogP contribution in [0.4, 0.5) is 0 Å². The lowest BCUT2D eigenvalue weighted by atomic mass is 10.1. The number of pyridine rings is 1. The van der Waals surface area contributed by atoms with Gasteiger partial charge >= 0.3 is 0 Å². The van der Waals surface area contributed by atoms with Crippen LogP contribution in [0.15, 0.2) is 47.6 Å². The van der Waals surface area contributed by atoms with E-state index in [1.54, 1.807) is 6.20 Å². The lowest BCUT2D eigenvalue weighted by Crippen LogP contribution is -2.20. The fourth-order valence-corrected chi connectivity index (χ4v) is 2.58. The first-order chi connectivity index (χ1) is 9.65. The summed E-state index contributed by atoms with van der Waals surface area (Å²) in [6.45, 7) is 4.36. The van der Waals surface area contributed by atoms with Crippen molar-refractivity contribution in [2.24, 2.45) is 0 Å². The van der Waals surface area contributed by atoms with Crippen molar-refractivity contribution in [1.29, 1.82) is 0 Å². The van der Waals surface area contributed by atoms with Crippen LogP contribution in [0.2, 0.25) is 0 Å². The summed E-state index contributed by atoms with van der Waals surface area (Å²) in [7, 11) is 0. The molecule has 0 aliphatic heterocycles. The SMILES string of the molecule is Cc1ccc(OCC(O)CSc2ccccn2)c(C)c1. The summed E-state index contributed by atoms with van der Waals surface area (Å²) >= 11 is 1.53. The van der Waals surface area contributed by atoms with Gasteiger partial charge in [0.05, 0.1) is 11.1 Å². The molecule has 1 N–H and O–H groups in total. The predicted octanol–water partition coefficient (Wildman–Crippen LogP) is 3.23. The van der Waals surface area contributed by atoms with E-state index in [0.717, 1.165) is 16.3 Å². The molecule has 0 aliphatic carbocycles. The number of aliphatic hydroxyl groups excluding tert-OH is 1. The monoisotopic (exact) mass is 289 g/mol. The molecule has 4 heteroatoms. The van der Waals surface area contributed by atoms with Gasteiger partial charge in [0.2, 0.25) is 0 Å². The van der Waals surface area contributed by atoms with E-state index in [1.807, 2.05) is 37.3 Å². The molecule has 106 valence electrons. The van der Waals surface area contributed by atoms with Gasteiger partial charge in [0.25, 0.3) is 0 Å². The maximum absolute atomic E-state index is 9.94. The molecule has 1 unspecified atom stereocenters. The number of aromatic nitrogens is 1. The van der Waals surface area contributed by atoms with E-state index in [9.17, 15) is 5.11 Å². The van der Waals surface area contributed by atoms with E-state index in [1.165, 1.54) is 17.3 Å². The lowest BCUT2D eigenvalue weighted by molar-refractivity contribution is 0.126. The molecule has 3 nitrogen and oxygen atoms in total. The molecule has 0 bridgehead atoms. The minimum absolute atomic E-state index is 0.295. The third kappa shape index (κ3) is 4.54. The first-order valence-electron chi connectivity index (χ1n) is 6.57. The first-order valence-corrected chi connectivity index (χ1v) is 7.55. The van der Waals surface area contributed by atoms with Crippen LogP contribution in [-0.2, 0) is 0 Å². The lowest BCUT2D eigenvalue weighted by Gasteiger charge is -2.13. The largest absolute Gasteiger partial charge is 0.491 e. The summed E-state index contributed by atoms with van der Waals surface area (Å²) in [6, 6.07) is 11.8. The third-order valence-corrected chi connectivity index (χ3v) is 3.91. The number of hydrogen-bond donors (Lipinski definition) is 1. The highest BCUT2D eigenvalue weighted by molar-refractivity contribution is 7.99. The van der Waals surface area contributed by atoms with E-state index >= 15 is 0 Å². The number of ether oxygens (including phenoxy) is 1. The molecule has 2 aromatic rings. The molecule has 0 radical (unpaired) electrons. The molecule has 0 aliphatic rings. The van der Waals surface area contributed by atoms with E-state index in [4.69, 9.17) is 4.74 Å². The van der Waals surface area contributed by atoms with E-state index < -0.39 is 6.10 Å². The fraction of sp³-hybridized carbons (Fsp3) is 0.312. The van der Waals surface area contributed by atoms with Crippen molar-refractivity contribution in [3.05, 3.63) is 53.7 Å². The van der Waals surface area contributed by atoms with Crippen molar-refractivity contribution < 1.29 is 9.84 Å². The number of rotatable bonds is 6. The molecule has 1 aromatic carbocycles. The van der Waals surface area contributed by atoms with Gasteiger partial charge in [-0.1, -0.05) is 23.8 Å². The normalized spacial score (nSPS) is 12.2. The smallest absolute Gasteiger partial charge is 0.122 e. The second-order valence-corrected chi connectivity index (χ2v) is 5.75. The van der Waals surface area contributed by atoms with Gasteiger partial charge in [0.1, 0.15) is 12.4 Å². The molecule has 0 saturated carbocycles. The summed E-state index contributed by atoms with van der Waals surface area (Å²) < 4.78 is 5.66. The Morgan fingerprint density at radius 2 is 2.10 bits per heavy atom. The van der Waals surface area contributed by atoms with Gasteiger partial charge in [-0.15, -0.1) is 11.8 Å². The molecule has 2 rings (SSSR count). The van der Waals surface area contributed by atoms with Crippen LogP contribution in [-0.4, -0.2) is 28.6 Å². The van der Waals surface area contributed by atoms with Crippen LogP contribution >= 0.6 is 11.8 Å². The van der Waals surface area contributed by atoms with Crippen LogP contribution in [0.25, 0.3) is 0 Å². The van der Waals surface area contributed by atoms with Gasteiger partial charge in [0.15, 0.2) is 0 Å². The first kappa shape index (κ1) is 14.9. The summed E-state index contributed by atoms with van der Waals surface area (Å²) in [5.74, 6) is 1.40. The molecule has 1 atom stereocenters. The zero-order chi connectivity index (χ0) is 14.4. The number of benzene rings is 1. The Bertz CT molecular complexity index is 545. The number of hydrogen-bond acceptors (Lipinski definition) is 4. The van der Waals surface area contributed by atoms with Gasteiger partial charge in [0, 0.05) is 11.9 Å². The van der Waals surface area contributed by atoms with Crippen molar-refractivity contribution in [2.75, 3.05) is 12.4 Å². The highest BCUT2D eigenvalue weighted by atomic mass is 32.2. The summed E-state index contributed by atoms with van der Waals surface area (Å²) in [6.07, 6.45) is 1.24. The topological polar surface area (TPSA) is 42.4 Å². The van der Waals surface area contributed by atoms with Crippen molar-refractivity contribution in [3.8, 4) is 5.75 Å². The van der Waals surface area contributed by atoms with E-state index in [0.29, 0.717) is 12.4 Å². The van der Waals surface area contributed by atoms with Crippen LogP contribution < -0.4 is 4.74 Å². The highest BCUT2D eigenvalue weighted by Crippen LogP contribution is 2.20. The molecule has 0 amide bonds.